The first-order valence-corrected chi connectivity index (χ1v) is 8.80. The molecule has 2 bridgehead atoms. The molecule has 0 spiro atoms. The lowest BCUT2D eigenvalue weighted by molar-refractivity contribution is 0.348. The summed E-state index contributed by atoms with van der Waals surface area (Å²) >= 11 is 0. The number of anilines is 2. The van der Waals surface area contributed by atoms with Gasteiger partial charge in [-0.15, -0.1) is 5.10 Å². The van der Waals surface area contributed by atoms with Crippen LogP contribution in [0.3, 0.4) is 0 Å². The number of fused-ring (bicyclic) bond motifs is 2. The molecule has 0 amide bonds. The second-order valence-corrected chi connectivity index (χ2v) is 7.34. The third kappa shape index (κ3) is 2.78. The molecule has 3 fully saturated rings. The van der Waals surface area contributed by atoms with Crippen LogP contribution in [0, 0.1) is 17.8 Å². The summed E-state index contributed by atoms with van der Waals surface area (Å²) in [4.78, 5) is 2.40. The Morgan fingerprint density at radius 1 is 1.27 bits per heavy atom. The Morgan fingerprint density at radius 3 is 2.95 bits per heavy atom. The predicted octanol–water partition coefficient (Wildman–Crippen LogP) is 2.12. The van der Waals surface area contributed by atoms with Crippen LogP contribution in [0.15, 0.2) is 12.3 Å². The second-order valence-electron chi connectivity index (χ2n) is 7.34. The second kappa shape index (κ2) is 6.03. The Labute approximate surface area is 132 Å². The Hall–Kier alpha value is -1.36. The number of aromatic nitrogens is 2. The van der Waals surface area contributed by atoms with Crippen LogP contribution >= 0.6 is 0 Å². The number of nitrogens with one attached hydrogen (secondary N) is 2. The normalized spacial score (nSPS) is 33.6. The minimum absolute atomic E-state index is 0.596. The molecule has 3 unspecified atom stereocenters. The van der Waals surface area contributed by atoms with Crippen LogP contribution in [0.4, 0.5) is 11.5 Å². The Kier molecular flexibility index (Phi) is 3.90. The lowest BCUT2D eigenvalue weighted by Gasteiger charge is -2.22. The summed E-state index contributed by atoms with van der Waals surface area (Å²) in [5.41, 5.74) is 1.20. The highest BCUT2D eigenvalue weighted by molar-refractivity contribution is 5.53. The van der Waals surface area contributed by atoms with Crippen molar-refractivity contribution >= 4 is 11.5 Å². The van der Waals surface area contributed by atoms with E-state index >= 15 is 0 Å². The molecule has 2 N–H and O–H groups in total. The van der Waals surface area contributed by atoms with E-state index in [0.29, 0.717) is 6.04 Å². The summed E-state index contributed by atoms with van der Waals surface area (Å²) in [5, 5.41) is 15.4. The van der Waals surface area contributed by atoms with E-state index < -0.39 is 0 Å². The van der Waals surface area contributed by atoms with Crippen molar-refractivity contribution < 1.29 is 0 Å². The predicted molar refractivity (Wildman–Crippen MR) is 89.1 cm³/mol. The van der Waals surface area contributed by atoms with Crippen LogP contribution in [0.25, 0.3) is 0 Å². The summed E-state index contributed by atoms with van der Waals surface area (Å²) in [7, 11) is 2.04. The van der Waals surface area contributed by atoms with Crippen LogP contribution < -0.4 is 15.5 Å². The Balaban J connectivity index is 1.35. The highest BCUT2D eigenvalue weighted by Crippen LogP contribution is 2.48. The van der Waals surface area contributed by atoms with Gasteiger partial charge in [-0.3, -0.25) is 0 Å². The van der Waals surface area contributed by atoms with Crippen molar-refractivity contribution in [1.29, 1.82) is 0 Å². The van der Waals surface area contributed by atoms with Crippen molar-refractivity contribution in [2.75, 3.05) is 36.9 Å². The van der Waals surface area contributed by atoms with E-state index in [2.05, 4.69) is 31.8 Å². The average Bonchev–Trinajstić information content (AvgIpc) is 3.29. The maximum Gasteiger partial charge on any atom is 0.150 e. The highest BCUT2D eigenvalue weighted by atomic mass is 15.2. The average molecular weight is 301 g/mol. The van der Waals surface area contributed by atoms with E-state index in [4.69, 9.17) is 0 Å². The minimum Gasteiger partial charge on any atom is -0.369 e. The Morgan fingerprint density at radius 2 is 2.23 bits per heavy atom. The van der Waals surface area contributed by atoms with Crippen LogP contribution in [-0.2, 0) is 0 Å². The van der Waals surface area contributed by atoms with Crippen molar-refractivity contribution in [3.05, 3.63) is 12.3 Å². The first kappa shape index (κ1) is 14.2. The minimum atomic E-state index is 0.596. The molecule has 2 saturated carbocycles. The topological polar surface area (TPSA) is 53.1 Å². The molecule has 2 aliphatic carbocycles. The van der Waals surface area contributed by atoms with Gasteiger partial charge in [0.25, 0.3) is 0 Å². The van der Waals surface area contributed by atoms with Gasteiger partial charge in [-0.05, 0) is 50.5 Å². The van der Waals surface area contributed by atoms with Gasteiger partial charge in [-0.25, -0.2) is 0 Å². The fourth-order valence-corrected chi connectivity index (χ4v) is 4.71. The van der Waals surface area contributed by atoms with Gasteiger partial charge in [-0.1, -0.05) is 6.42 Å². The summed E-state index contributed by atoms with van der Waals surface area (Å²) < 4.78 is 0. The van der Waals surface area contributed by atoms with Gasteiger partial charge in [0, 0.05) is 31.7 Å². The van der Waals surface area contributed by atoms with Gasteiger partial charge in [0.05, 0.1) is 11.9 Å². The molecule has 3 aliphatic rings. The standard InChI is InChI=1S/C17H27N5/c1-18-15-4-5-22(11-15)16-8-17(21-20-10-16)19-9-14-7-12-2-3-13(14)6-12/h8,10,12-15,18H,2-7,9,11H2,1H3,(H,19,21)/t12?,13?,14?,15-/m1/s1. The van der Waals surface area contributed by atoms with E-state index in [1.165, 1.54) is 37.8 Å². The highest BCUT2D eigenvalue weighted by Gasteiger charge is 2.39. The molecule has 1 aliphatic heterocycles. The fraction of sp³-hybridized carbons (Fsp3) is 0.765. The van der Waals surface area contributed by atoms with Crippen LogP contribution in [0.5, 0.6) is 0 Å². The van der Waals surface area contributed by atoms with Gasteiger partial charge in [0.15, 0.2) is 5.82 Å². The van der Waals surface area contributed by atoms with Gasteiger partial charge in [0.1, 0.15) is 0 Å². The molecule has 120 valence electrons. The zero-order chi connectivity index (χ0) is 14.9. The number of hydrogen-bond acceptors (Lipinski definition) is 5. The molecule has 1 aromatic heterocycles. The van der Waals surface area contributed by atoms with Crippen molar-refractivity contribution in [3.8, 4) is 0 Å². The van der Waals surface area contributed by atoms with Crippen LogP contribution in [0.2, 0.25) is 0 Å². The first-order chi connectivity index (χ1) is 10.8. The van der Waals surface area contributed by atoms with Crippen LogP contribution in [-0.4, -0.2) is 42.9 Å². The maximum absolute atomic E-state index is 4.27. The first-order valence-electron chi connectivity index (χ1n) is 8.80. The lowest BCUT2D eigenvalue weighted by atomic mass is 9.89. The third-order valence-corrected chi connectivity index (χ3v) is 6.03. The van der Waals surface area contributed by atoms with E-state index in [1.54, 1.807) is 0 Å². The van der Waals surface area contributed by atoms with Crippen LogP contribution in [0.1, 0.15) is 32.1 Å². The maximum atomic E-state index is 4.27. The largest absolute Gasteiger partial charge is 0.369 e. The summed E-state index contributed by atoms with van der Waals surface area (Å²) in [5.74, 6) is 3.76. The van der Waals surface area contributed by atoms with Crippen molar-refractivity contribution in [2.24, 2.45) is 17.8 Å². The molecule has 4 atom stereocenters. The SMILES string of the molecule is CN[C@@H]1CCN(c2cnnc(NCC3CC4CCC3C4)c2)C1. The van der Waals surface area contributed by atoms with Crippen molar-refractivity contribution in [2.45, 2.75) is 38.1 Å². The molecular weight excluding hydrogens is 274 g/mol. The summed E-state index contributed by atoms with van der Waals surface area (Å²) in [6.07, 6.45) is 8.89. The molecule has 4 rings (SSSR count). The monoisotopic (exact) mass is 301 g/mol. The zero-order valence-corrected chi connectivity index (χ0v) is 13.5. The molecular formula is C17H27N5. The van der Waals surface area contributed by atoms with E-state index in [1.807, 2.05) is 13.2 Å². The molecule has 1 aromatic rings. The molecule has 1 saturated heterocycles. The molecule has 5 nitrogen and oxygen atoms in total. The fourth-order valence-electron chi connectivity index (χ4n) is 4.71. The zero-order valence-electron chi connectivity index (χ0n) is 13.5. The lowest BCUT2D eigenvalue weighted by Crippen LogP contribution is -2.29. The quantitative estimate of drug-likeness (QED) is 0.872. The molecule has 0 radical (unpaired) electrons. The summed E-state index contributed by atoms with van der Waals surface area (Å²) in [6.45, 7) is 3.23. The molecule has 5 heteroatoms. The Bertz CT molecular complexity index is 520. The molecule has 2 heterocycles. The van der Waals surface area contributed by atoms with E-state index in [0.717, 1.165) is 43.2 Å². The third-order valence-electron chi connectivity index (χ3n) is 6.03. The van der Waals surface area contributed by atoms with E-state index in [-0.39, 0.29) is 0 Å². The summed E-state index contributed by atoms with van der Waals surface area (Å²) in [6, 6.07) is 2.76. The number of hydrogen-bond donors (Lipinski definition) is 2. The molecule has 0 aromatic carbocycles. The smallest absolute Gasteiger partial charge is 0.150 e. The van der Waals surface area contributed by atoms with Gasteiger partial charge < -0.3 is 15.5 Å². The molecule has 22 heavy (non-hydrogen) atoms. The number of rotatable bonds is 5. The number of likely N-dealkylation sites (N-methyl/N-ethyl adjacent to an activating group) is 1. The number of nitrogens with zero attached hydrogens (tertiary/aromatic N) is 3. The van der Waals surface area contributed by atoms with Gasteiger partial charge >= 0.3 is 0 Å². The van der Waals surface area contributed by atoms with Crippen molar-refractivity contribution in [1.82, 2.24) is 15.5 Å². The van der Waals surface area contributed by atoms with E-state index in [9.17, 15) is 0 Å². The van der Waals surface area contributed by atoms with Gasteiger partial charge in [-0.2, -0.15) is 5.10 Å². The van der Waals surface area contributed by atoms with Crippen molar-refractivity contribution in [3.63, 3.8) is 0 Å². The van der Waals surface area contributed by atoms with Gasteiger partial charge in [0.2, 0.25) is 0 Å².